The van der Waals surface area contributed by atoms with Crippen molar-refractivity contribution in [2.45, 2.75) is 46.1 Å². The SMILES string of the molecule is CCNC1C(C)C(c2ccc(OC)cc2)C1(C)CC. The zero-order valence-corrected chi connectivity index (χ0v) is 12.9. The van der Waals surface area contributed by atoms with E-state index in [9.17, 15) is 0 Å². The molecule has 1 aliphatic rings. The lowest BCUT2D eigenvalue weighted by molar-refractivity contribution is -0.0187. The Hall–Kier alpha value is -1.02. The summed E-state index contributed by atoms with van der Waals surface area (Å²) in [5.74, 6) is 2.28. The molecule has 1 saturated carbocycles. The van der Waals surface area contributed by atoms with Crippen molar-refractivity contribution in [3.05, 3.63) is 29.8 Å². The van der Waals surface area contributed by atoms with E-state index in [0.717, 1.165) is 12.3 Å². The van der Waals surface area contributed by atoms with Crippen LogP contribution in [0.1, 0.15) is 45.6 Å². The van der Waals surface area contributed by atoms with E-state index in [0.29, 0.717) is 23.3 Å². The molecule has 0 spiro atoms. The predicted octanol–water partition coefficient (Wildman–Crippen LogP) is 3.82. The van der Waals surface area contributed by atoms with Gasteiger partial charge in [-0.05, 0) is 47.9 Å². The molecule has 0 aliphatic heterocycles. The minimum Gasteiger partial charge on any atom is -0.497 e. The average Bonchev–Trinajstić information content (AvgIpc) is 2.45. The normalized spacial score (nSPS) is 33.8. The molecule has 19 heavy (non-hydrogen) atoms. The molecule has 0 amide bonds. The molecule has 106 valence electrons. The van der Waals surface area contributed by atoms with Gasteiger partial charge >= 0.3 is 0 Å². The number of hydrogen-bond acceptors (Lipinski definition) is 2. The highest BCUT2D eigenvalue weighted by Crippen LogP contribution is 2.58. The van der Waals surface area contributed by atoms with E-state index in [2.05, 4.69) is 57.3 Å². The predicted molar refractivity (Wildman–Crippen MR) is 80.8 cm³/mol. The molecule has 0 aromatic heterocycles. The van der Waals surface area contributed by atoms with Crippen molar-refractivity contribution in [1.82, 2.24) is 5.32 Å². The summed E-state index contributed by atoms with van der Waals surface area (Å²) in [6.07, 6.45) is 1.21. The molecule has 1 aromatic carbocycles. The molecular weight excluding hydrogens is 234 g/mol. The monoisotopic (exact) mass is 261 g/mol. The van der Waals surface area contributed by atoms with Crippen LogP contribution < -0.4 is 10.1 Å². The van der Waals surface area contributed by atoms with Gasteiger partial charge in [-0.1, -0.05) is 39.8 Å². The number of methoxy groups -OCH3 is 1. The largest absolute Gasteiger partial charge is 0.497 e. The van der Waals surface area contributed by atoms with Crippen LogP contribution in [0, 0.1) is 11.3 Å². The molecular formula is C17H27NO. The van der Waals surface area contributed by atoms with Gasteiger partial charge in [0.15, 0.2) is 0 Å². The van der Waals surface area contributed by atoms with Crippen molar-refractivity contribution in [1.29, 1.82) is 0 Å². The first kappa shape index (κ1) is 14.4. The Balaban J connectivity index is 2.23. The van der Waals surface area contributed by atoms with Crippen LogP contribution in [0.4, 0.5) is 0 Å². The van der Waals surface area contributed by atoms with Gasteiger partial charge in [-0.15, -0.1) is 0 Å². The summed E-state index contributed by atoms with van der Waals surface area (Å²) in [5.41, 5.74) is 1.82. The summed E-state index contributed by atoms with van der Waals surface area (Å²) in [5, 5.41) is 3.67. The second kappa shape index (κ2) is 5.54. The highest BCUT2D eigenvalue weighted by atomic mass is 16.5. The third-order valence-corrected chi connectivity index (χ3v) is 5.13. The molecule has 1 aromatic rings. The van der Waals surface area contributed by atoms with Crippen LogP contribution in [-0.4, -0.2) is 19.7 Å². The highest BCUT2D eigenvalue weighted by Gasteiger charge is 2.55. The van der Waals surface area contributed by atoms with Gasteiger partial charge in [0.1, 0.15) is 5.75 Å². The van der Waals surface area contributed by atoms with Gasteiger partial charge < -0.3 is 10.1 Å². The molecule has 2 nitrogen and oxygen atoms in total. The van der Waals surface area contributed by atoms with Gasteiger partial charge in [-0.3, -0.25) is 0 Å². The van der Waals surface area contributed by atoms with Crippen LogP contribution in [0.5, 0.6) is 5.75 Å². The Morgan fingerprint density at radius 2 is 1.84 bits per heavy atom. The van der Waals surface area contributed by atoms with Gasteiger partial charge in [0.05, 0.1) is 7.11 Å². The molecule has 1 fully saturated rings. The summed E-state index contributed by atoms with van der Waals surface area (Å²) in [4.78, 5) is 0. The standard InChI is InChI=1S/C17H27NO/c1-6-17(4)15(12(3)16(17)18-7-2)13-8-10-14(19-5)11-9-13/h8-12,15-16,18H,6-7H2,1-5H3. The van der Waals surface area contributed by atoms with Crippen LogP contribution >= 0.6 is 0 Å². The molecule has 1 N–H and O–H groups in total. The van der Waals surface area contributed by atoms with E-state index in [-0.39, 0.29) is 0 Å². The van der Waals surface area contributed by atoms with E-state index in [1.807, 2.05) is 0 Å². The molecule has 0 heterocycles. The number of ether oxygens (including phenoxy) is 1. The summed E-state index contributed by atoms with van der Waals surface area (Å²) >= 11 is 0. The van der Waals surface area contributed by atoms with Crippen LogP contribution in [0.3, 0.4) is 0 Å². The summed E-state index contributed by atoms with van der Waals surface area (Å²) in [6, 6.07) is 9.26. The minimum absolute atomic E-state index is 0.365. The fourth-order valence-corrected chi connectivity index (χ4v) is 4.04. The molecule has 2 heteroatoms. The number of hydrogen-bond donors (Lipinski definition) is 1. The van der Waals surface area contributed by atoms with E-state index in [4.69, 9.17) is 4.74 Å². The Labute approximate surface area is 117 Å². The summed E-state index contributed by atoms with van der Waals surface area (Å²) in [6.45, 7) is 10.4. The molecule has 2 rings (SSSR count). The third kappa shape index (κ3) is 2.27. The average molecular weight is 261 g/mol. The van der Waals surface area contributed by atoms with Crippen molar-refractivity contribution >= 4 is 0 Å². The fourth-order valence-electron chi connectivity index (χ4n) is 4.04. The quantitative estimate of drug-likeness (QED) is 0.870. The number of benzene rings is 1. The molecule has 0 radical (unpaired) electrons. The Kier molecular flexibility index (Phi) is 4.19. The molecule has 4 atom stereocenters. The molecule has 0 bridgehead atoms. The van der Waals surface area contributed by atoms with Crippen LogP contribution in [-0.2, 0) is 0 Å². The Morgan fingerprint density at radius 3 is 2.32 bits per heavy atom. The Bertz CT molecular complexity index is 414. The highest BCUT2D eigenvalue weighted by molar-refractivity contribution is 5.34. The zero-order valence-electron chi connectivity index (χ0n) is 12.9. The lowest BCUT2D eigenvalue weighted by Gasteiger charge is -2.60. The number of rotatable bonds is 5. The van der Waals surface area contributed by atoms with Gasteiger partial charge in [-0.25, -0.2) is 0 Å². The molecule has 0 saturated heterocycles. The van der Waals surface area contributed by atoms with Crippen molar-refractivity contribution < 1.29 is 4.74 Å². The van der Waals surface area contributed by atoms with Crippen molar-refractivity contribution in [2.75, 3.05) is 13.7 Å². The second-order valence-corrected chi connectivity index (χ2v) is 6.00. The van der Waals surface area contributed by atoms with E-state index in [1.165, 1.54) is 12.0 Å². The first-order valence-electron chi connectivity index (χ1n) is 7.45. The maximum absolute atomic E-state index is 5.25. The maximum Gasteiger partial charge on any atom is 0.118 e. The van der Waals surface area contributed by atoms with E-state index in [1.54, 1.807) is 7.11 Å². The first-order chi connectivity index (χ1) is 9.08. The molecule has 1 aliphatic carbocycles. The van der Waals surface area contributed by atoms with Gasteiger partial charge in [0.25, 0.3) is 0 Å². The van der Waals surface area contributed by atoms with E-state index >= 15 is 0 Å². The summed E-state index contributed by atoms with van der Waals surface area (Å²) < 4.78 is 5.25. The van der Waals surface area contributed by atoms with E-state index < -0.39 is 0 Å². The van der Waals surface area contributed by atoms with Crippen molar-refractivity contribution in [3.63, 3.8) is 0 Å². The fraction of sp³-hybridized carbons (Fsp3) is 0.647. The van der Waals surface area contributed by atoms with Crippen LogP contribution in [0.15, 0.2) is 24.3 Å². The van der Waals surface area contributed by atoms with Gasteiger partial charge in [-0.2, -0.15) is 0 Å². The number of nitrogens with one attached hydrogen (secondary N) is 1. The van der Waals surface area contributed by atoms with Crippen molar-refractivity contribution in [3.8, 4) is 5.75 Å². The lowest BCUT2D eigenvalue weighted by Crippen LogP contribution is -2.62. The minimum atomic E-state index is 0.365. The van der Waals surface area contributed by atoms with Gasteiger partial charge in [0.2, 0.25) is 0 Å². The Morgan fingerprint density at radius 1 is 1.21 bits per heavy atom. The van der Waals surface area contributed by atoms with Crippen molar-refractivity contribution in [2.24, 2.45) is 11.3 Å². The second-order valence-electron chi connectivity index (χ2n) is 6.00. The summed E-state index contributed by atoms with van der Waals surface area (Å²) in [7, 11) is 1.72. The van der Waals surface area contributed by atoms with Crippen LogP contribution in [0.25, 0.3) is 0 Å². The molecule has 4 unspecified atom stereocenters. The first-order valence-corrected chi connectivity index (χ1v) is 7.45. The zero-order chi connectivity index (χ0) is 14.0. The topological polar surface area (TPSA) is 21.3 Å². The van der Waals surface area contributed by atoms with Gasteiger partial charge in [0, 0.05) is 6.04 Å². The smallest absolute Gasteiger partial charge is 0.118 e. The maximum atomic E-state index is 5.25. The third-order valence-electron chi connectivity index (χ3n) is 5.13. The van der Waals surface area contributed by atoms with Crippen LogP contribution in [0.2, 0.25) is 0 Å². The lowest BCUT2D eigenvalue weighted by atomic mass is 9.48.